The lowest BCUT2D eigenvalue weighted by Crippen LogP contribution is -2.17. The predicted octanol–water partition coefficient (Wildman–Crippen LogP) is 2.75. The molecule has 0 radical (unpaired) electrons. The van der Waals surface area contributed by atoms with Gasteiger partial charge in [-0.3, -0.25) is 4.79 Å². The Hall–Kier alpha value is -2.18. The number of carbonyl (C=O) groups is 1. The minimum atomic E-state index is -0.303. The maximum atomic E-state index is 12.2. The average molecular weight is 321 g/mol. The number of hydrogen-bond acceptors (Lipinski definition) is 5. The molecule has 6 nitrogen and oxygen atoms in total. The summed E-state index contributed by atoms with van der Waals surface area (Å²) in [5.74, 6) is 0.0981. The lowest BCUT2D eigenvalue weighted by atomic mass is 10.3. The maximum Gasteiger partial charge on any atom is 0.274 e. The highest BCUT2D eigenvalue weighted by Gasteiger charge is 2.11. The Morgan fingerprint density at radius 2 is 2.00 bits per heavy atom. The first-order valence-corrected chi connectivity index (χ1v) is 7.11. The Bertz CT molecular complexity index is 646. The van der Waals surface area contributed by atoms with Crippen molar-refractivity contribution in [1.29, 1.82) is 0 Å². The molecule has 0 aliphatic carbocycles. The lowest BCUT2D eigenvalue weighted by molar-refractivity contribution is 0.102. The number of aryl methyl sites for hydroxylation is 1. The third kappa shape index (κ3) is 4.68. The van der Waals surface area contributed by atoms with Crippen LogP contribution in [0.15, 0.2) is 30.3 Å². The van der Waals surface area contributed by atoms with Crippen molar-refractivity contribution in [3.05, 3.63) is 46.7 Å². The van der Waals surface area contributed by atoms with Crippen molar-refractivity contribution >= 4 is 29.1 Å². The summed E-state index contributed by atoms with van der Waals surface area (Å²) >= 11 is 5.82. The molecular weight excluding hydrogens is 304 g/mol. The molecule has 0 saturated heterocycles. The second-order valence-electron chi connectivity index (χ2n) is 4.60. The van der Waals surface area contributed by atoms with Crippen molar-refractivity contribution in [2.24, 2.45) is 0 Å². The Morgan fingerprint density at radius 1 is 1.27 bits per heavy atom. The van der Waals surface area contributed by atoms with E-state index in [-0.39, 0.29) is 5.91 Å². The molecule has 1 aromatic carbocycles. The molecule has 0 atom stereocenters. The van der Waals surface area contributed by atoms with E-state index in [2.05, 4.69) is 20.6 Å². The molecule has 0 unspecified atom stereocenters. The van der Waals surface area contributed by atoms with E-state index in [0.29, 0.717) is 41.2 Å². The second kappa shape index (κ2) is 7.72. The van der Waals surface area contributed by atoms with Gasteiger partial charge in [-0.05, 0) is 37.3 Å². The molecule has 1 aromatic heterocycles. The van der Waals surface area contributed by atoms with Crippen molar-refractivity contribution in [2.75, 3.05) is 30.9 Å². The van der Waals surface area contributed by atoms with Crippen LogP contribution in [-0.2, 0) is 4.74 Å². The summed E-state index contributed by atoms with van der Waals surface area (Å²) in [5, 5.41) is 6.39. The smallest absolute Gasteiger partial charge is 0.274 e. The number of ether oxygens (including phenoxy) is 1. The van der Waals surface area contributed by atoms with Crippen molar-refractivity contribution in [3.8, 4) is 0 Å². The summed E-state index contributed by atoms with van der Waals surface area (Å²) in [6, 6.07) is 8.51. The molecule has 1 amide bonds. The van der Waals surface area contributed by atoms with E-state index in [0.717, 1.165) is 0 Å². The van der Waals surface area contributed by atoms with Crippen LogP contribution < -0.4 is 10.6 Å². The highest BCUT2D eigenvalue weighted by atomic mass is 35.5. The van der Waals surface area contributed by atoms with Gasteiger partial charge in [0.05, 0.1) is 6.61 Å². The first-order valence-electron chi connectivity index (χ1n) is 6.74. The van der Waals surface area contributed by atoms with Gasteiger partial charge in [0.15, 0.2) is 0 Å². The SMILES string of the molecule is COCCNc1nc(C)cc(C(=O)Nc2ccc(Cl)cc2)n1. The van der Waals surface area contributed by atoms with Crippen LogP contribution in [0.1, 0.15) is 16.2 Å². The number of methoxy groups -OCH3 is 1. The zero-order valence-corrected chi connectivity index (χ0v) is 13.1. The van der Waals surface area contributed by atoms with Gasteiger partial charge in [-0.15, -0.1) is 0 Å². The third-order valence-electron chi connectivity index (χ3n) is 2.78. The molecule has 0 aliphatic rings. The normalized spacial score (nSPS) is 10.3. The molecule has 1 heterocycles. The van der Waals surface area contributed by atoms with Crippen molar-refractivity contribution in [1.82, 2.24) is 9.97 Å². The molecule has 22 heavy (non-hydrogen) atoms. The van der Waals surface area contributed by atoms with Crippen LogP contribution >= 0.6 is 11.6 Å². The minimum absolute atomic E-state index is 0.294. The molecule has 0 aliphatic heterocycles. The first kappa shape index (κ1) is 16.2. The Kier molecular flexibility index (Phi) is 5.68. The minimum Gasteiger partial charge on any atom is -0.383 e. The number of carbonyl (C=O) groups excluding carboxylic acids is 1. The van der Waals surface area contributed by atoms with Gasteiger partial charge in [0.1, 0.15) is 5.69 Å². The summed E-state index contributed by atoms with van der Waals surface area (Å²) in [4.78, 5) is 20.7. The molecule has 0 bridgehead atoms. The predicted molar refractivity (Wildman–Crippen MR) is 86.5 cm³/mol. The Balaban J connectivity index is 2.09. The number of amides is 1. The number of nitrogens with zero attached hydrogens (tertiary/aromatic N) is 2. The molecule has 2 rings (SSSR count). The van der Waals surface area contributed by atoms with E-state index in [9.17, 15) is 4.79 Å². The largest absolute Gasteiger partial charge is 0.383 e. The fraction of sp³-hybridized carbons (Fsp3) is 0.267. The van der Waals surface area contributed by atoms with Crippen LogP contribution in [0.4, 0.5) is 11.6 Å². The summed E-state index contributed by atoms with van der Waals surface area (Å²) in [6.07, 6.45) is 0. The Labute approximate surface area is 133 Å². The van der Waals surface area contributed by atoms with Gasteiger partial charge in [0.2, 0.25) is 5.95 Å². The Morgan fingerprint density at radius 3 is 2.68 bits per heavy atom. The number of halogens is 1. The van der Waals surface area contributed by atoms with E-state index >= 15 is 0 Å². The average Bonchev–Trinajstić information content (AvgIpc) is 2.49. The fourth-order valence-corrected chi connectivity index (χ4v) is 1.88. The van der Waals surface area contributed by atoms with E-state index in [1.54, 1.807) is 37.4 Å². The number of aromatic nitrogens is 2. The van der Waals surface area contributed by atoms with Crippen molar-refractivity contribution in [3.63, 3.8) is 0 Å². The van der Waals surface area contributed by atoms with Gasteiger partial charge in [0, 0.05) is 30.1 Å². The quantitative estimate of drug-likeness (QED) is 0.800. The van der Waals surface area contributed by atoms with E-state index in [1.165, 1.54) is 0 Å². The number of nitrogens with one attached hydrogen (secondary N) is 2. The summed E-state index contributed by atoms with van der Waals surface area (Å²) < 4.78 is 4.95. The van der Waals surface area contributed by atoms with Crippen LogP contribution in [0.25, 0.3) is 0 Å². The van der Waals surface area contributed by atoms with Gasteiger partial charge in [-0.25, -0.2) is 9.97 Å². The maximum absolute atomic E-state index is 12.2. The van der Waals surface area contributed by atoms with Crippen LogP contribution in [0.3, 0.4) is 0 Å². The van der Waals surface area contributed by atoms with Crippen molar-refractivity contribution < 1.29 is 9.53 Å². The standard InChI is InChI=1S/C15H17ClN4O2/c1-10-9-13(20-15(18-10)17-7-8-22-2)14(21)19-12-5-3-11(16)4-6-12/h3-6,9H,7-8H2,1-2H3,(H,19,21)(H,17,18,20). The van der Waals surface area contributed by atoms with Crippen LogP contribution in [0.5, 0.6) is 0 Å². The van der Waals surface area contributed by atoms with Gasteiger partial charge in [0.25, 0.3) is 5.91 Å². The topological polar surface area (TPSA) is 76.1 Å². The van der Waals surface area contributed by atoms with Gasteiger partial charge in [-0.2, -0.15) is 0 Å². The van der Waals surface area contributed by atoms with E-state index in [4.69, 9.17) is 16.3 Å². The third-order valence-corrected chi connectivity index (χ3v) is 3.03. The molecule has 7 heteroatoms. The van der Waals surface area contributed by atoms with Crippen LogP contribution in [0, 0.1) is 6.92 Å². The summed E-state index contributed by atoms with van der Waals surface area (Å²) in [7, 11) is 1.61. The zero-order chi connectivity index (χ0) is 15.9. The fourth-order valence-electron chi connectivity index (χ4n) is 1.76. The summed E-state index contributed by atoms with van der Waals surface area (Å²) in [6.45, 7) is 2.91. The van der Waals surface area contributed by atoms with Gasteiger partial charge in [-0.1, -0.05) is 11.6 Å². The second-order valence-corrected chi connectivity index (χ2v) is 5.04. The van der Waals surface area contributed by atoms with E-state index in [1.807, 2.05) is 6.92 Å². The number of rotatable bonds is 6. The molecule has 116 valence electrons. The number of hydrogen-bond donors (Lipinski definition) is 2. The molecular formula is C15H17ClN4O2. The van der Waals surface area contributed by atoms with Crippen molar-refractivity contribution in [2.45, 2.75) is 6.92 Å². The number of benzene rings is 1. The van der Waals surface area contributed by atoms with Crippen LogP contribution in [-0.4, -0.2) is 36.1 Å². The molecule has 2 N–H and O–H groups in total. The molecule has 2 aromatic rings. The molecule has 0 spiro atoms. The molecule has 0 fully saturated rings. The van der Waals surface area contributed by atoms with Gasteiger partial charge >= 0.3 is 0 Å². The van der Waals surface area contributed by atoms with E-state index < -0.39 is 0 Å². The first-order chi connectivity index (χ1) is 10.6. The van der Waals surface area contributed by atoms with Crippen LogP contribution in [0.2, 0.25) is 5.02 Å². The summed E-state index contributed by atoms with van der Waals surface area (Å²) in [5.41, 5.74) is 1.65. The monoisotopic (exact) mass is 320 g/mol. The highest BCUT2D eigenvalue weighted by molar-refractivity contribution is 6.30. The molecule has 0 saturated carbocycles. The number of anilines is 2. The van der Waals surface area contributed by atoms with Gasteiger partial charge < -0.3 is 15.4 Å². The highest BCUT2D eigenvalue weighted by Crippen LogP contribution is 2.14. The lowest BCUT2D eigenvalue weighted by Gasteiger charge is -2.08. The zero-order valence-electron chi connectivity index (χ0n) is 12.4.